The second kappa shape index (κ2) is 7.34. The number of hydrogen-bond donors (Lipinski definition) is 1. The molecule has 0 aromatic heterocycles. The van der Waals surface area contributed by atoms with E-state index in [0.29, 0.717) is 43.2 Å². The van der Waals surface area contributed by atoms with E-state index in [4.69, 9.17) is 11.6 Å². The second-order valence-corrected chi connectivity index (χ2v) is 7.86. The molecule has 1 aromatic rings. The van der Waals surface area contributed by atoms with Gasteiger partial charge >= 0.3 is 0 Å². The number of carbonyl (C=O) groups is 2. The Bertz CT molecular complexity index is 654. The Kier molecular flexibility index (Phi) is 5.35. The number of benzene rings is 1. The molecule has 0 bridgehead atoms. The average molecular weight is 365 g/mol. The Morgan fingerprint density at radius 1 is 1.32 bits per heavy atom. The van der Waals surface area contributed by atoms with Crippen molar-refractivity contribution in [3.63, 3.8) is 0 Å². The van der Waals surface area contributed by atoms with E-state index in [1.54, 1.807) is 36.1 Å². The summed E-state index contributed by atoms with van der Waals surface area (Å²) in [6.07, 6.45) is 2.69. The molecule has 0 aliphatic carbocycles. The van der Waals surface area contributed by atoms with Gasteiger partial charge in [0.05, 0.1) is 6.10 Å². The number of likely N-dealkylation sites (tertiary alicyclic amines) is 2. The van der Waals surface area contributed by atoms with Gasteiger partial charge in [0.2, 0.25) is 5.91 Å². The lowest BCUT2D eigenvalue weighted by atomic mass is 9.72. The quantitative estimate of drug-likeness (QED) is 0.896. The number of rotatable bonds is 3. The molecule has 136 valence electrons. The molecular weight excluding hydrogens is 340 g/mol. The van der Waals surface area contributed by atoms with Gasteiger partial charge < -0.3 is 14.9 Å². The number of halogens is 1. The van der Waals surface area contributed by atoms with E-state index in [1.165, 1.54) is 0 Å². The Morgan fingerprint density at radius 2 is 2.04 bits per heavy atom. The highest BCUT2D eigenvalue weighted by atomic mass is 35.5. The van der Waals surface area contributed by atoms with E-state index < -0.39 is 6.10 Å². The molecule has 1 N–H and O–H groups in total. The maximum absolute atomic E-state index is 12.7. The summed E-state index contributed by atoms with van der Waals surface area (Å²) in [4.78, 5) is 28.4. The molecule has 2 heterocycles. The number of carbonyl (C=O) groups excluding carboxylic acids is 2. The molecule has 0 radical (unpaired) electrons. The summed E-state index contributed by atoms with van der Waals surface area (Å²) < 4.78 is 0. The molecule has 1 unspecified atom stereocenters. The number of nitrogens with zero attached hydrogens (tertiary/aromatic N) is 2. The van der Waals surface area contributed by atoms with Crippen LogP contribution in [-0.4, -0.2) is 59.0 Å². The van der Waals surface area contributed by atoms with Gasteiger partial charge in [-0.1, -0.05) is 17.7 Å². The largest absolute Gasteiger partial charge is 0.392 e. The SMILES string of the molecule is CC(O)CN1CC2(CCC1=O)CCN(C(=O)c1cccc(Cl)c1)CC2. The zero-order valence-electron chi connectivity index (χ0n) is 14.6. The van der Waals surface area contributed by atoms with Crippen LogP contribution in [0.5, 0.6) is 0 Å². The van der Waals surface area contributed by atoms with Gasteiger partial charge in [-0.25, -0.2) is 0 Å². The van der Waals surface area contributed by atoms with Gasteiger partial charge in [0, 0.05) is 43.2 Å². The van der Waals surface area contributed by atoms with Crippen LogP contribution >= 0.6 is 11.6 Å². The number of aliphatic hydroxyl groups is 1. The highest BCUT2D eigenvalue weighted by Crippen LogP contribution is 2.40. The average Bonchev–Trinajstić information content (AvgIpc) is 2.58. The van der Waals surface area contributed by atoms with Gasteiger partial charge in [0.15, 0.2) is 0 Å². The molecular formula is C19H25ClN2O3. The van der Waals surface area contributed by atoms with Crippen LogP contribution in [0.25, 0.3) is 0 Å². The van der Waals surface area contributed by atoms with E-state index in [0.717, 1.165) is 19.3 Å². The third kappa shape index (κ3) is 4.15. The van der Waals surface area contributed by atoms with Gasteiger partial charge in [-0.2, -0.15) is 0 Å². The standard InChI is InChI=1S/C19H25ClN2O3/c1-14(23)12-22-13-19(6-5-17(22)24)7-9-21(10-8-19)18(25)15-3-2-4-16(20)11-15/h2-4,11,14,23H,5-10,12-13H2,1H3. The molecule has 1 spiro atoms. The fourth-order valence-corrected chi connectivity index (χ4v) is 4.17. The van der Waals surface area contributed by atoms with Crippen molar-refractivity contribution < 1.29 is 14.7 Å². The van der Waals surface area contributed by atoms with Gasteiger partial charge in [0.1, 0.15) is 0 Å². The molecule has 2 aliphatic rings. The van der Waals surface area contributed by atoms with E-state index in [2.05, 4.69) is 0 Å². The summed E-state index contributed by atoms with van der Waals surface area (Å²) >= 11 is 5.99. The van der Waals surface area contributed by atoms with Crippen LogP contribution in [0, 0.1) is 5.41 Å². The highest BCUT2D eigenvalue weighted by molar-refractivity contribution is 6.30. The van der Waals surface area contributed by atoms with Crippen molar-refractivity contribution in [2.75, 3.05) is 26.2 Å². The van der Waals surface area contributed by atoms with Crippen LogP contribution in [0.3, 0.4) is 0 Å². The monoisotopic (exact) mass is 364 g/mol. The zero-order chi connectivity index (χ0) is 18.0. The van der Waals surface area contributed by atoms with Crippen molar-refractivity contribution in [2.24, 2.45) is 5.41 Å². The predicted molar refractivity (Wildman–Crippen MR) is 96.5 cm³/mol. The van der Waals surface area contributed by atoms with Crippen LogP contribution in [0.4, 0.5) is 0 Å². The van der Waals surface area contributed by atoms with Crippen molar-refractivity contribution in [2.45, 2.75) is 38.7 Å². The Labute approximate surface area is 153 Å². The summed E-state index contributed by atoms with van der Waals surface area (Å²) in [7, 11) is 0. The number of amides is 2. The molecule has 1 aromatic carbocycles. The van der Waals surface area contributed by atoms with Gasteiger partial charge in [0.25, 0.3) is 5.91 Å². The van der Waals surface area contributed by atoms with Gasteiger partial charge in [-0.3, -0.25) is 9.59 Å². The lowest BCUT2D eigenvalue weighted by molar-refractivity contribution is -0.140. The summed E-state index contributed by atoms with van der Waals surface area (Å²) in [6.45, 7) is 4.19. The summed E-state index contributed by atoms with van der Waals surface area (Å²) in [6, 6.07) is 7.06. The Hall–Kier alpha value is -1.59. The minimum atomic E-state index is -0.511. The van der Waals surface area contributed by atoms with Crippen LogP contribution in [-0.2, 0) is 4.79 Å². The number of β-amino-alcohol motifs (C(OH)–C–C–N with tert-alkyl or cyclic N) is 1. The first-order valence-electron chi connectivity index (χ1n) is 8.89. The van der Waals surface area contributed by atoms with Gasteiger partial charge in [-0.05, 0) is 49.8 Å². The van der Waals surface area contributed by atoms with E-state index in [-0.39, 0.29) is 17.2 Å². The molecule has 5 nitrogen and oxygen atoms in total. The number of piperidine rings is 2. The lowest BCUT2D eigenvalue weighted by Crippen LogP contribution is -2.53. The fourth-order valence-electron chi connectivity index (χ4n) is 3.98. The molecule has 2 aliphatic heterocycles. The van der Waals surface area contributed by atoms with Gasteiger partial charge in [-0.15, -0.1) is 0 Å². The maximum Gasteiger partial charge on any atom is 0.253 e. The number of aliphatic hydroxyl groups excluding tert-OH is 1. The molecule has 2 amide bonds. The van der Waals surface area contributed by atoms with E-state index in [9.17, 15) is 14.7 Å². The maximum atomic E-state index is 12.7. The fraction of sp³-hybridized carbons (Fsp3) is 0.579. The first kappa shape index (κ1) is 18.2. The second-order valence-electron chi connectivity index (χ2n) is 7.43. The van der Waals surface area contributed by atoms with Crippen molar-refractivity contribution in [3.05, 3.63) is 34.9 Å². The minimum Gasteiger partial charge on any atom is -0.392 e. The Morgan fingerprint density at radius 3 is 2.68 bits per heavy atom. The van der Waals surface area contributed by atoms with E-state index >= 15 is 0 Å². The molecule has 0 saturated carbocycles. The molecule has 6 heteroatoms. The van der Waals surface area contributed by atoms with Crippen molar-refractivity contribution in [1.29, 1.82) is 0 Å². The highest BCUT2D eigenvalue weighted by Gasteiger charge is 2.41. The molecule has 25 heavy (non-hydrogen) atoms. The molecule has 2 fully saturated rings. The first-order chi connectivity index (χ1) is 11.9. The van der Waals surface area contributed by atoms with Crippen LogP contribution < -0.4 is 0 Å². The van der Waals surface area contributed by atoms with Crippen molar-refractivity contribution in [3.8, 4) is 0 Å². The Balaban J connectivity index is 1.63. The van der Waals surface area contributed by atoms with Crippen LogP contribution in [0.2, 0.25) is 5.02 Å². The van der Waals surface area contributed by atoms with Crippen LogP contribution in [0.1, 0.15) is 43.0 Å². The predicted octanol–water partition coefficient (Wildman–Crippen LogP) is 2.57. The number of hydrogen-bond acceptors (Lipinski definition) is 3. The van der Waals surface area contributed by atoms with Crippen LogP contribution in [0.15, 0.2) is 24.3 Å². The topological polar surface area (TPSA) is 60.9 Å². The molecule has 1 atom stereocenters. The third-order valence-corrected chi connectivity index (χ3v) is 5.65. The summed E-state index contributed by atoms with van der Waals surface area (Å²) in [5, 5.41) is 10.2. The summed E-state index contributed by atoms with van der Waals surface area (Å²) in [5.41, 5.74) is 0.700. The lowest BCUT2D eigenvalue weighted by Gasteiger charge is -2.47. The van der Waals surface area contributed by atoms with E-state index in [1.807, 2.05) is 4.90 Å². The molecule has 2 saturated heterocycles. The smallest absolute Gasteiger partial charge is 0.253 e. The zero-order valence-corrected chi connectivity index (χ0v) is 15.3. The normalized spacial score (nSPS) is 21.5. The third-order valence-electron chi connectivity index (χ3n) is 5.42. The van der Waals surface area contributed by atoms with Crippen molar-refractivity contribution >= 4 is 23.4 Å². The first-order valence-corrected chi connectivity index (χ1v) is 9.27. The summed E-state index contributed by atoms with van der Waals surface area (Å²) in [5.74, 6) is 0.147. The van der Waals surface area contributed by atoms with Crippen molar-refractivity contribution in [1.82, 2.24) is 9.80 Å². The molecule has 3 rings (SSSR count). The minimum absolute atomic E-state index is 0.0186.